The zero-order valence-electron chi connectivity index (χ0n) is 22.6. The van der Waals surface area contributed by atoms with E-state index in [1.807, 2.05) is 45.2 Å². The number of nitrogens with zero attached hydrogens (tertiary/aromatic N) is 6. The van der Waals surface area contributed by atoms with E-state index in [2.05, 4.69) is 37.5 Å². The monoisotopic (exact) mass is 520 g/mol. The van der Waals surface area contributed by atoms with Crippen LogP contribution in [0.4, 0.5) is 5.82 Å². The predicted octanol–water partition coefficient (Wildman–Crippen LogP) is 2.84. The molecule has 0 spiro atoms. The number of hydrogen-bond acceptors (Lipinski definition) is 7. The van der Waals surface area contributed by atoms with Crippen LogP contribution in [0.3, 0.4) is 0 Å². The van der Waals surface area contributed by atoms with Crippen molar-refractivity contribution in [3.05, 3.63) is 75.6 Å². The number of pyridine rings is 2. The third-order valence-electron chi connectivity index (χ3n) is 6.60. The highest BCUT2D eigenvalue weighted by atomic mass is 16.2. The summed E-state index contributed by atoms with van der Waals surface area (Å²) in [5.74, 6) is 7.06. The summed E-state index contributed by atoms with van der Waals surface area (Å²) in [6, 6.07) is 12.2. The van der Waals surface area contributed by atoms with E-state index in [1.54, 1.807) is 42.4 Å². The minimum absolute atomic E-state index is 0.0674. The van der Waals surface area contributed by atoms with Crippen LogP contribution >= 0.6 is 0 Å². The number of nitrogens with one attached hydrogen (secondary N) is 2. The van der Waals surface area contributed by atoms with Crippen molar-refractivity contribution in [1.29, 1.82) is 0 Å². The molecule has 1 unspecified atom stereocenters. The van der Waals surface area contributed by atoms with Crippen LogP contribution in [0.25, 0.3) is 33.2 Å². The summed E-state index contributed by atoms with van der Waals surface area (Å²) in [6.07, 6.45) is 0. The molecule has 10 heteroatoms. The van der Waals surface area contributed by atoms with Gasteiger partial charge in [0.1, 0.15) is 34.1 Å². The average Bonchev–Trinajstić information content (AvgIpc) is 3.21. The van der Waals surface area contributed by atoms with Crippen LogP contribution in [-0.4, -0.2) is 48.3 Å². The quantitative estimate of drug-likeness (QED) is 0.350. The van der Waals surface area contributed by atoms with E-state index >= 15 is 0 Å². The second-order valence-electron chi connectivity index (χ2n) is 9.41. The molecule has 0 aliphatic carbocycles. The van der Waals surface area contributed by atoms with Crippen molar-refractivity contribution >= 4 is 33.7 Å². The van der Waals surface area contributed by atoms with E-state index in [1.165, 1.54) is 6.07 Å². The van der Waals surface area contributed by atoms with E-state index in [0.717, 1.165) is 38.8 Å². The van der Waals surface area contributed by atoms with Gasteiger partial charge in [-0.1, -0.05) is 5.92 Å². The van der Waals surface area contributed by atoms with Gasteiger partial charge in [-0.05, 0) is 75.5 Å². The molecule has 5 rings (SSSR count). The zero-order chi connectivity index (χ0) is 27.8. The minimum atomic E-state index is -0.411. The smallest absolute Gasteiger partial charge is 0.250 e. The highest BCUT2D eigenvalue weighted by molar-refractivity contribution is 5.96. The van der Waals surface area contributed by atoms with Gasteiger partial charge in [0.25, 0.3) is 5.56 Å². The highest BCUT2D eigenvalue weighted by Gasteiger charge is 2.18. The van der Waals surface area contributed by atoms with Gasteiger partial charge in [-0.15, -0.1) is 0 Å². The largest absolute Gasteiger partial charge is 0.311 e. The molecule has 1 atom stereocenters. The molecule has 0 radical (unpaired) electrons. The van der Waals surface area contributed by atoms with Crippen molar-refractivity contribution in [1.82, 2.24) is 34.6 Å². The fourth-order valence-electron chi connectivity index (χ4n) is 4.41. The Labute approximate surface area is 225 Å². The Balaban J connectivity index is 1.64. The van der Waals surface area contributed by atoms with Gasteiger partial charge in [-0.2, -0.15) is 5.10 Å². The second-order valence-corrected chi connectivity index (χ2v) is 9.41. The summed E-state index contributed by atoms with van der Waals surface area (Å²) in [5.41, 5.74) is 5.75. The molecule has 0 bridgehead atoms. The molecule has 39 heavy (non-hydrogen) atoms. The number of rotatable bonds is 4. The number of aryl methyl sites for hydroxylation is 4. The van der Waals surface area contributed by atoms with Crippen molar-refractivity contribution in [2.75, 3.05) is 12.4 Å². The van der Waals surface area contributed by atoms with Gasteiger partial charge in [0.05, 0.1) is 17.3 Å². The van der Waals surface area contributed by atoms with Crippen molar-refractivity contribution in [3.63, 3.8) is 0 Å². The number of likely N-dealkylation sites (N-methyl/N-ethyl adjacent to an activating group) is 1. The summed E-state index contributed by atoms with van der Waals surface area (Å²) in [7, 11) is 5.32. The molecule has 0 fully saturated rings. The number of carbonyl (C=O) groups is 1. The van der Waals surface area contributed by atoms with Gasteiger partial charge in [0, 0.05) is 31.3 Å². The lowest BCUT2D eigenvalue weighted by Gasteiger charge is -2.12. The molecule has 196 valence electrons. The maximum Gasteiger partial charge on any atom is 0.250 e. The van der Waals surface area contributed by atoms with Crippen molar-refractivity contribution in [2.45, 2.75) is 26.8 Å². The van der Waals surface area contributed by atoms with Gasteiger partial charge >= 0.3 is 0 Å². The molecule has 4 heterocycles. The van der Waals surface area contributed by atoms with E-state index in [9.17, 15) is 9.59 Å². The summed E-state index contributed by atoms with van der Waals surface area (Å²) in [5, 5.41) is 11.3. The Kier molecular flexibility index (Phi) is 6.68. The molecule has 10 nitrogen and oxygen atoms in total. The number of carbonyl (C=O) groups excluding carboxylic acids is 1. The van der Waals surface area contributed by atoms with Crippen LogP contribution in [0.15, 0.2) is 47.3 Å². The molecule has 1 aromatic carbocycles. The predicted molar refractivity (Wildman–Crippen MR) is 151 cm³/mol. The van der Waals surface area contributed by atoms with Crippen LogP contribution in [0, 0.1) is 25.7 Å². The number of amides is 1. The third kappa shape index (κ3) is 5.00. The first-order valence-electron chi connectivity index (χ1n) is 12.4. The van der Waals surface area contributed by atoms with E-state index in [0.29, 0.717) is 23.0 Å². The average molecular weight is 521 g/mol. The van der Waals surface area contributed by atoms with E-state index in [-0.39, 0.29) is 11.5 Å². The third-order valence-corrected chi connectivity index (χ3v) is 6.60. The van der Waals surface area contributed by atoms with Crippen LogP contribution < -0.4 is 16.2 Å². The Morgan fingerprint density at radius 1 is 1.00 bits per heavy atom. The zero-order valence-corrected chi connectivity index (χ0v) is 22.6. The van der Waals surface area contributed by atoms with Gasteiger partial charge in [0.15, 0.2) is 0 Å². The number of fused-ring (bicyclic) bond motifs is 2. The topological polar surface area (TPSA) is 120 Å². The first kappa shape index (κ1) is 25.8. The van der Waals surface area contributed by atoms with Gasteiger partial charge in [-0.25, -0.2) is 15.0 Å². The summed E-state index contributed by atoms with van der Waals surface area (Å²) >= 11 is 0. The first-order valence-corrected chi connectivity index (χ1v) is 12.4. The standard InChI is InChI=1S/C29H28N8O2/c1-16-26-28(37(6)35-16)27(32-18(3)31-26)21-14-22(33-24(15-21)34-29(39)17(2)30-4)10-7-19-8-11-23-20(13-19)9-12-25(38)36(23)5/h8-9,11-15,17,30H,1-6H3,(H,33,34,39). The number of anilines is 1. The first-order chi connectivity index (χ1) is 18.6. The normalized spacial score (nSPS) is 11.8. The molecule has 0 saturated carbocycles. The van der Waals surface area contributed by atoms with Crippen LogP contribution in [0.2, 0.25) is 0 Å². The Hall–Kier alpha value is -4.88. The summed E-state index contributed by atoms with van der Waals surface area (Å²) in [6.45, 7) is 5.52. The Morgan fingerprint density at radius 2 is 1.79 bits per heavy atom. The van der Waals surface area contributed by atoms with Crippen LogP contribution in [0.5, 0.6) is 0 Å². The fourth-order valence-corrected chi connectivity index (χ4v) is 4.41. The number of benzene rings is 1. The van der Waals surface area contributed by atoms with Gasteiger partial charge in [0.2, 0.25) is 5.91 Å². The molecule has 1 amide bonds. The molecule has 5 aromatic rings. The van der Waals surface area contributed by atoms with Crippen LogP contribution in [-0.2, 0) is 18.9 Å². The summed E-state index contributed by atoms with van der Waals surface area (Å²) < 4.78 is 3.36. The van der Waals surface area contributed by atoms with E-state index in [4.69, 9.17) is 4.98 Å². The molecular weight excluding hydrogens is 492 g/mol. The van der Waals surface area contributed by atoms with E-state index < -0.39 is 6.04 Å². The lowest BCUT2D eigenvalue weighted by atomic mass is 10.1. The van der Waals surface area contributed by atoms with Gasteiger partial charge < -0.3 is 15.2 Å². The van der Waals surface area contributed by atoms with Crippen molar-refractivity contribution in [2.24, 2.45) is 14.1 Å². The molecule has 4 aromatic heterocycles. The summed E-state index contributed by atoms with van der Waals surface area (Å²) in [4.78, 5) is 38.5. The van der Waals surface area contributed by atoms with Crippen LogP contribution in [0.1, 0.15) is 29.7 Å². The maximum atomic E-state index is 12.7. The minimum Gasteiger partial charge on any atom is -0.311 e. The molecule has 0 aliphatic rings. The van der Waals surface area contributed by atoms with Gasteiger partial charge in [-0.3, -0.25) is 14.3 Å². The van der Waals surface area contributed by atoms with Crippen molar-refractivity contribution in [3.8, 4) is 23.1 Å². The Bertz CT molecular complexity index is 1890. The molecule has 0 saturated heterocycles. The second kappa shape index (κ2) is 10.1. The maximum absolute atomic E-state index is 12.7. The number of aromatic nitrogens is 6. The molecule has 2 N–H and O–H groups in total. The SMILES string of the molecule is CNC(C)C(=O)Nc1cc(-c2nc(C)nc3c(C)nn(C)c23)cc(C#Cc2ccc3c(ccc(=O)n3C)c2)n1. The fraction of sp³-hybridized carbons (Fsp3) is 0.241. The molecular formula is C29H28N8O2. The Morgan fingerprint density at radius 3 is 2.56 bits per heavy atom. The lowest BCUT2D eigenvalue weighted by molar-refractivity contribution is -0.117. The molecule has 0 aliphatic heterocycles. The lowest BCUT2D eigenvalue weighted by Crippen LogP contribution is -2.35. The van der Waals surface area contributed by atoms with Crippen molar-refractivity contribution < 1.29 is 4.79 Å². The number of hydrogen-bond donors (Lipinski definition) is 2. The highest BCUT2D eigenvalue weighted by Crippen LogP contribution is 2.29.